The normalized spacial score (nSPS) is 12.3. The molecule has 0 aromatic carbocycles. The van der Waals surface area contributed by atoms with Crippen molar-refractivity contribution >= 4 is 56.6 Å². The highest BCUT2D eigenvalue weighted by atomic mass is 127. The average Bonchev–Trinajstić information content (AvgIpc) is 2.81. The van der Waals surface area contributed by atoms with Crippen molar-refractivity contribution in [3.8, 4) is 0 Å². The predicted octanol–water partition coefficient (Wildman–Crippen LogP) is 3.98. The molecule has 0 saturated heterocycles. The number of pyridine rings is 2. The first-order chi connectivity index (χ1) is 9.61. The van der Waals surface area contributed by atoms with Crippen LogP contribution >= 0.6 is 34.5 Å². The van der Waals surface area contributed by atoms with Crippen LogP contribution < -0.4 is 3.53 Å². The smallest absolute Gasteiger partial charge is 0.218 e. The lowest BCUT2D eigenvalue weighted by Gasteiger charge is -2.09. The molecule has 0 atom stereocenters. The zero-order chi connectivity index (χ0) is 14.3. The van der Waals surface area contributed by atoms with Gasteiger partial charge in [0.2, 0.25) is 5.95 Å². The second-order valence-corrected chi connectivity index (χ2v) is 5.31. The summed E-state index contributed by atoms with van der Waals surface area (Å²) in [6.07, 6.45) is 4.67. The highest BCUT2D eigenvalue weighted by Gasteiger charge is 2.13. The van der Waals surface area contributed by atoms with E-state index in [4.69, 9.17) is 11.6 Å². The van der Waals surface area contributed by atoms with Gasteiger partial charge in [-0.1, -0.05) is 11.6 Å². The molecule has 0 aliphatic heterocycles. The maximum absolute atomic E-state index is 14.0. The van der Waals surface area contributed by atoms with Gasteiger partial charge < -0.3 is 3.53 Å². The minimum atomic E-state index is -0.427. The molecule has 0 unspecified atom stereocenters. The summed E-state index contributed by atoms with van der Waals surface area (Å²) in [4.78, 5) is 8.20. The molecule has 0 aliphatic rings. The molecule has 0 amide bonds. The van der Waals surface area contributed by atoms with E-state index in [1.165, 1.54) is 10.6 Å². The standard InChI is InChI=1S/C13H9ClFIN4/c1-7(4-19-16)9-2-8-5-17-11(14)3-10(8)20-12(15)6-18-13(9)20/h2-6,19H,1H3/b7-4+. The molecule has 102 valence electrons. The van der Waals surface area contributed by atoms with E-state index < -0.39 is 5.95 Å². The topological polar surface area (TPSA) is 42.2 Å². The lowest BCUT2D eigenvalue weighted by Crippen LogP contribution is -1.97. The molecule has 0 fully saturated rings. The van der Waals surface area contributed by atoms with Crippen molar-refractivity contribution in [1.82, 2.24) is 17.9 Å². The maximum atomic E-state index is 14.0. The van der Waals surface area contributed by atoms with Crippen molar-refractivity contribution in [2.24, 2.45) is 0 Å². The number of aromatic nitrogens is 3. The van der Waals surface area contributed by atoms with E-state index in [9.17, 15) is 4.39 Å². The third-order valence-electron chi connectivity index (χ3n) is 3.07. The molecule has 0 radical (unpaired) electrons. The van der Waals surface area contributed by atoms with Gasteiger partial charge in [-0.3, -0.25) is 4.40 Å². The quantitative estimate of drug-likeness (QED) is 0.401. The lowest BCUT2D eigenvalue weighted by atomic mass is 10.1. The second-order valence-electron chi connectivity index (χ2n) is 4.30. The van der Waals surface area contributed by atoms with Crippen molar-refractivity contribution < 1.29 is 4.39 Å². The summed E-state index contributed by atoms with van der Waals surface area (Å²) in [7, 11) is 0. The Kier molecular flexibility index (Phi) is 3.51. The molecule has 0 saturated carbocycles. The van der Waals surface area contributed by atoms with Crippen molar-refractivity contribution in [2.45, 2.75) is 6.92 Å². The van der Waals surface area contributed by atoms with E-state index in [-0.39, 0.29) is 0 Å². The maximum Gasteiger partial charge on any atom is 0.218 e. The van der Waals surface area contributed by atoms with Gasteiger partial charge in [0.15, 0.2) is 0 Å². The minimum Gasteiger partial charge on any atom is -0.335 e. The fourth-order valence-electron chi connectivity index (χ4n) is 2.16. The minimum absolute atomic E-state index is 0.320. The fraction of sp³-hybridized carbons (Fsp3) is 0.0769. The molecule has 0 aliphatic carbocycles. The molecule has 3 aromatic rings. The lowest BCUT2D eigenvalue weighted by molar-refractivity contribution is 0.578. The van der Waals surface area contributed by atoms with Crippen LogP contribution in [-0.4, -0.2) is 14.4 Å². The van der Waals surface area contributed by atoms with Gasteiger partial charge in [0.05, 0.1) is 34.6 Å². The molecule has 4 nitrogen and oxygen atoms in total. The molecule has 7 heteroatoms. The van der Waals surface area contributed by atoms with Crippen molar-refractivity contribution in [1.29, 1.82) is 0 Å². The first-order valence-electron chi connectivity index (χ1n) is 5.76. The van der Waals surface area contributed by atoms with Crippen LogP contribution in [0.25, 0.3) is 22.1 Å². The number of nitrogens with one attached hydrogen (secondary N) is 1. The van der Waals surface area contributed by atoms with Crippen molar-refractivity contribution in [3.05, 3.63) is 47.4 Å². The van der Waals surface area contributed by atoms with Gasteiger partial charge in [-0.2, -0.15) is 4.39 Å². The number of allylic oxidation sites excluding steroid dienone is 1. The van der Waals surface area contributed by atoms with Crippen LogP contribution in [0.15, 0.2) is 30.7 Å². The van der Waals surface area contributed by atoms with Crippen LogP contribution in [0.5, 0.6) is 0 Å². The van der Waals surface area contributed by atoms with E-state index in [1.807, 2.05) is 42.1 Å². The van der Waals surface area contributed by atoms with Gasteiger partial charge in [0.1, 0.15) is 10.8 Å². The Balaban J connectivity index is 2.47. The molecular weight excluding hydrogens is 394 g/mol. The third kappa shape index (κ3) is 2.12. The first kappa shape index (κ1) is 13.6. The molecule has 3 rings (SSSR count). The summed E-state index contributed by atoms with van der Waals surface area (Å²) < 4.78 is 18.4. The Bertz CT molecular complexity index is 843. The Labute approximate surface area is 133 Å². The van der Waals surface area contributed by atoms with Gasteiger partial charge in [0, 0.05) is 29.4 Å². The molecule has 1 N–H and O–H groups in total. The van der Waals surface area contributed by atoms with E-state index in [2.05, 4.69) is 13.5 Å². The summed E-state index contributed by atoms with van der Waals surface area (Å²) in [5.41, 5.74) is 2.99. The zero-order valence-electron chi connectivity index (χ0n) is 10.4. The molecule has 3 aromatic heterocycles. The van der Waals surface area contributed by atoms with Crippen LogP contribution in [-0.2, 0) is 0 Å². The number of nitrogens with zero attached hydrogens (tertiary/aromatic N) is 3. The molecule has 0 spiro atoms. The van der Waals surface area contributed by atoms with Crippen molar-refractivity contribution in [2.75, 3.05) is 0 Å². The Morgan fingerprint density at radius 2 is 2.20 bits per heavy atom. The van der Waals surface area contributed by atoms with Gasteiger partial charge in [-0.05, 0) is 18.6 Å². The van der Waals surface area contributed by atoms with Gasteiger partial charge in [-0.15, -0.1) is 0 Å². The summed E-state index contributed by atoms with van der Waals surface area (Å²) in [6.45, 7) is 1.93. The first-order valence-corrected chi connectivity index (χ1v) is 7.22. The van der Waals surface area contributed by atoms with Crippen LogP contribution in [0.2, 0.25) is 5.15 Å². The van der Waals surface area contributed by atoms with E-state index >= 15 is 0 Å². The number of hydrogen-bond donors (Lipinski definition) is 1. The number of rotatable bonds is 2. The Morgan fingerprint density at radius 3 is 2.95 bits per heavy atom. The van der Waals surface area contributed by atoms with Crippen LogP contribution in [0.3, 0.4) is 0 Å². The molecule has 0 bridgehead atoms. The zero-order valence-corrected chi connectivity index (χ0v) is 13.3. The summed E-state index contributed by atoms with van der Waals surface area (Å²) in [5, 5.41) is 1.12. The van der Waals surface area contributed by atoms with Crippen LogP contribution in [0.1, 0.15) is 12.5 Å². The van der Waals surface area contributed by atoms with Gasteiger partial charge >= 0.3 is 0 Å². The third-order valence-corrected chi connectivity index (χ3v) is 3.59. The number of halogens is 3. The largest absolute Gasteiger partial charge is 0.335 e. The van der Waals surface area contributed by atoms with E-state index in [1.54, 1.807) is 12.3 Å². The monoisotopic (exact) mass is 402 g/mol. The highest BCUT2D eigenvalue weighted by molar-refractivity contribution is 14.1. The highest BCUT2D eigenvalue weighted by Crippen LogP contribution is 2.27. The average molecular weight is 403 g/mol. The summed E-state index contributed by atoms with van der Waals surface area (Å²) in [6, 6.07) is 3.56. The summed E-state index contributed by atoms with van der Waals surface area (Å²) >= 11 is 7.92. The summed E-state index contributed by atoms with van der Waals surface area (Å²) in [5.74, 6) is -0.427. The predicted molar refractivity (Wildman–Crippen MR) is 86.3 cm³/mol. The van der Waals surface area contributed by atoms with E-state index in [0.29, 0.717) is 16.3 Å². The Morgan fingerprint density at radius 1 is 1.40 bits per heavy atom. The molecule has 3 heterocycles. The fourth-order valence-corrected chi connectivity index (χ4v) is 2.77. The number of hydrogen-bond acceptors (Lipinski definition) is 3. The Hall–Kier alpha value is -1.41. The van der Waals surface area contributed by atoms with Gasteiger partial charge in [0.25, 0.3) is 0 Å². The van der Waals surface area contributed by atoms with Gasteiger partial charge in [-0.25, -0.2) is 9.97 Å². The van der Waals surface area contributed by atoms with Crippen LogP contribution in [0, 0.1) is 5.95 Å². The van der Waals surface area contributed by atoms with Crippen molar-refractivity contribution in [3.63, 3.8) is 0 Å². The second kappa shape index (κ2) is 5.17. The molecular formula is C13H9ClFIN4. The SMILES string of the molecule is C/C(=C\NI)c1cc2cnc(Cl)cc2n2c(F)cnc12. The van der Waals surface area contributed by atoms with Crippen LogP contribution in [0.4, 0.5) is 4.39 Å². The number of imidazole rings is 1. The molecule has 20 heavy (non-hydrogen) atoms. The number of fused-ring (bicyclic) bond motifs is 3. The van der Waals surface area contributed by atoms with E-state index in [0.717, 1.165) is 16.5 Å².